The zero-order valence-corrected chi connectivity index (χ0v) is 12.2. The number of nitrogens with zero attached hydrogens (tertiary/aromatic N) is 1. The molecule has 1 aliphatic rings. The third-order valence-electron chi connectivity index (χ3n) is 3.28. The molecule has 0 spiro atoms. The lowest BCUT2D eigenvalue weighted by molar-refractivity contribution is -0.123. The molecule has 0 aromatic carbocycles. The fourth-order valence-corrected chi connectivity index (χ4v) is 2.27. The van der Waals surface area contributed by atoms with E-state index in [1.165, 1.54) is 0 Å². The van der Waals surface area contributed by atoms with Crippen LogP contribution in [0, 0.1) is 0 Å². The molecule has 1 saturated heterocycles. The monoisotopic (exact) mass is 277 g/mol. The van der Waals surface area contributed by atoms with E-state index in [4.69, 9.17) is 4.74 Å². The lowest BCUT2D eigenvalue weighted by atomic mass is 10.0. The third-order valence-corrected chi connectivity index (χ3v) is 3.28. The number of aromatic nitrogens is 1. The lowest BCUT2D eigenvalue weighted by Gasteiger charge is -2.22. The van der Waals surface area contributed by atoms with Crippen molar-refractivity contribution in [1.29, 1.82) is 0 Å². The van der Waals surface area contributed by atoms with E-state index in [-0.39, 0.29) is 18.1 Å². The normalized spacial score (nSPS) is 18.9. The van der Waals surface area contributed by atoms with Crippen molar-refractivity contribution in [3.8, 4) is 5.88 Å². The summed E-state index contributed by atoms with van der Waals surface area (Å²) in [5, 5.41) is 6.20. The third kappa shape index (κ3) is 4.20. The van der Waals surface area contributed by atoms with Gasteiger partial charge in [0.05, 0.1) is 12.1 Å². The van der Waals surface area contributed by atoms with Crippen molar-refractivity contribution in [3.63, 3.8) is 0 Å². The summed E-state index contributed by atoms with van der Waals surface area (Å²) in [4.78, 5) is 16.3. The lowest BCUT2D eigenvalue weighted by Crippen LogP contribution is -2.46. The summed E-state index contributed by atoms with van der Waals surface area (Å²) in [5.74, 6) is 0.656. The topological polar surface area (TPSA) is 63.2 Å². The van der Waals surface area contributed by atoms with Gasteiger partial charge in [0.2, 0.25) is 11.8 Å². The highest BCUT2D eigenvalue weighted by Crippen LogP contribution is 2.16. The zero-order chi connectivity index (χ0) is 14.4. The molecule has 2 rings (SSSR count). The summed E-state index contributed by atoms with van der Waals surface area (Å²) in [7, 11) is 0. The van der Waals surface area contributed by atoms with Gasteiger partial charge in [0, 0.05) is 18.3 Å². The van der Waals surface area contributed by atoms with Crippen LogP contribution in [0.2, 0.25) is 0 Å². The van der Waals surface area contributed by atoms with E-state index >= 15 is 0 Å². The number of carbonyl (C=O) groups excluding carboxylic acids is 1. The van der Waals surface area contributed by atoms with Gasteiger partial charge in [0.25, 0.3) is 0 Å². The molecular formula is C15H23N3O2. The number of ether oxygens (including phenoxy) is 1. The van der Waals surface area contributed by atoms with Crippen molar-refractivity contribution in [1.82, 2.24) is 15.6 Å². The van der Waals surface area contributed by atoms with Crippen molar-refractivity contribution in [2.45, 2.75) is 51.8 Å². The number of amides is 1. The van der Waals surface area contributed by atoms with Crippen LogP contribution in [0.25, 0.3) is 0 Å². The van der Waals surface area contributed by atoms with Crippen LogP contribution in [0.5, 0.6) is 5.88 Å². The first-order chi connectivity index (χ1) is 9.66. The van der Waals surface area contributed by atoms with E-state index in [1.807, 2.05) is 26.0 Å². The summed E-state index contributed by atoms with van der Waals surface area (Å²) in [6.07, 6.45) is 4.94. The molecule has 0 bridgehead atoms. The van der Waals surface area contributed by atoms with Crippen LogP contribution in [0.15, 0.2) is 18.3 Å². The Morgan fingerprint density at radius 1 is 1.55 bits per heavy atom. The first-order valence-corrected chi connectivity index (χ1v) is 7.28. The van der Waals surface area contributed by atoms with Crippen LogP contribution in [0.1, 0.15) is 38.7 Å². The number of pyridine rings is 1. The van der Waals surface area contributed by atoms with Crippen LogP contribution in [0.3, 0.4) is 0 Å². The predicted molar refractivity (Wildman–Crippen MR) is 77.5 cm³/mol. The summed E-state index contributed by atoms with van der Waals surface area (Å²) in [6.45, 7) is 5.30. The standard InChI is InChI=1S/C15H23N3O2/c1-11(2)20-15-12(6-5-9-17-15)10-18-14(19)13-7-3-4-8-16-13/h5-6,9,11,13,16H,3-4,7-8,10H2,1-2H3,(H,18,19)/t13-/m0/s1. The molecule has 2 N–H and O–H groups in total. The molecule has 1 amide bonds. The Hall–Kier alpha value is -1.62. The molecule has 1 aromatic rings. The van der Waals surface area contributed by atoms with Gasteiger partial charge in [-0.05, 0) is 39.3 Å². The van der Waals surface area contributed by atoms with E-state index in [1.54, 1.807) is 6.20 Å². The molecule has 2 heterocycles. The molecule has 1 fully saturated rings. The highest BCUT2D eigenvalue weighted by molar-refractivity contribution is 5.81. The number of hydrogen-bond acceptors (Lipinski definition) is 4. The Balaban J connectivity index is 1.91. The minimum atomic E-state index is -0.0603. The zero-order valence-electron chi connectivity index (χ0n) is 12.2. The van der Waals surface area contributed by atoms with Crippen LogP contribution < -0.4 is 15.4 Å². The molecular weight excluding hydrogens is 254 g/mol. The minimum Gasteiger partial charge on any atom is -0.475 e. The molecule has 5 heteroatoms. The second kappa shape index (κ2) is 7.24. The molecule has 1 atom stereocenters. The Kier molecular flexibility index (Phi) is 5.35. The van der Waals surface area contributed by atoms with Crippen molar-refractivity contribution in [2.24, 2.45) is 0 Å². The van der Waals surface area contributed by atoms with Crippen molar-refractivity contribution < 1.29 is 9.53 Å². The van der Waals surface area contributed by atoms with Crippen LogP contribution in [-0.4, -0.2) is 29.6 Å². The van der Waals surface area contributed by atoms with Crippen molar-refractivity contribution >= 4 is 5.91 Å². The van der Waals surface area contributed by atoms with E-state index in [0.29, 0.717) is 12.4 Å². The van der Waals surface area contributed by atoms with E-state index < -0.39 is 0 Å². The molecule has 20 heavy (non-hydrogen) atoms. The molecule has 1 aliphatic heterocycles. The first kappa shape index (κ1) is 14.8. The minimum absolute atomic E-state index is 0.0593. The number of rotatable bonds is 5. The highest BCUT2D eigenvalue weighted by Gasteiger charge is 2.20. The Morgan fingerprint density at radius 2 is 2.40 bits per heavy atom. The van der Waals surface area contributed by atoms with Gasteiger partial charge < -0.3 is 15.4 Å². The maximum absolute atomic E-state index is 12.1. The first-order valence-electron chi connectivity index (χ1n) is 7.28. The van der Waals surface area contributed by atoms with Gasteiger partial charge in [0.1, 0.15) is 0 Å². The Labute approximate surface area is 120 Å². The Morgan fingerprint density at radius 3 is 3.10 bits per heavy atom. The van der Waals surface area contributed by atoms with Crippen molar-refractivity contribution in [2.75, 3.05) is 6.54 Å². The summed E-state index contributed by atoms with van der Waals surface area (Å²) < 4.78 is 5.65. The highest BCUT2D eigenvalue weighted by atomic mass is 16.5. The fourth-order valence-electron chi connectivity index (χ4n) is 2.27. The average molecular weight is 277 g/mol. The number of carbonyl (C=O) groups is 1. The van der Waals surface area contributed by atoms with Gasteiger partial charge in [-0.25, -0.2) is 4.98 Å². The summed E-state index contributed by atoms with van der Waals surface area (Å²) in [6, 6.07) is 3.72. The number of piperidine rings is 1. The summed E-state index contributed by atoms with van der Waals surface area (Å²) in [5.41, 5.74) is 0.908. The maximum atomic E-state index is 12.1. The maximum Gasteiger partial charge on any atom is 0.237 e. The van der Waals surface area contributed by atoms with Crippen LogP contribution in [0.4, 0.5) is 0 Å². The van der Waals surface area contributed by atoms with Gasteiger partial charge in [0.15, 0.2) is 0 Å². The molecule has 0 radical (unpaired) electrons. The smallest absolute Gasteiger partial charge is 0.237 e. The Bertz CT molecular complexity index is 442. The van der Waals surface area contributed by atoms with Crippen molar-refractivity contribution in [3.05, 3.63) is 23.9 Å². The van der Waals surface area contributed by atoms with E-state index in [2.05, 4.69) is 15.6 Å². The van der Waals surface area contributed by atoms with E-state index in [0.717, 1.165) is 31.4 Å². The molecule has 1 aromatic heterocycles. The number of nitrogens with one attached hydrogen (secondary N) is 2. The number of hydrogen-bond donors (Lipinski definition) is 2. The SMILES string of the molecule is CC(C)Oc1ncccc1CNC(=O)[C@@H]1CCCCN1. The molecule has 0 aliphatic carbocycles. The second-order valence-electron chi connectivity index (χ2n) is 5.35. The largest absolute Gasteiger partial charge is 0.475 e. The molecule has 0 unspecified atom stereocenters. The molecule has 110 valence electrons. The fraction of sp³-hybridized carbons (Fsp3) is 0.600. The van der Waals surface area contributed by atoms with Crippen LogP contribution in [-0.2, 0) is 11.3 Å². The van der Waals surface area contributed by atoms with Gasteiger partial charge in [-0.3, -0.25) is 4.79 Å². The van der Waals surface area contributed by atoms with Gasteiger partial charge in [-0.2, -0.15) is 0 Å². The second-order valence-corrected chi connectivity index (χ2v) is 5.35. The predicted octanol–water partition coefficient (Wildman–Crippen LogP) is 1.63. The summed E-state index contributed by atoms with van der Waals surface area (Å²) >= 11 is 0. The van der Waals surface area contributed by atoms with E-state index in [9.17, 15) is 4.79 Å². The molecule has 0 saturated carbocycles. The van der Waals surface area contributed by atoms with Crippen LogP contribution >= 0.6 is 0 Å². The van der Waals surface area contributed by atoms with Gasteiger partial charge in [-0.15, -0.1) is 0 Å². The van der Waals surface area contributed by atoms with Gasteiger partial charge in [-0.1, -0.05) is 12.5 Å². The van der Waals surface area contributed by atoms with Gasteiger partial charge >= 0.3 is 0 Å². The average Bonchev–Trinajstić information content (AvgIpc) is 2.46. The quantitative estimate of drug-likeness (QED) is 0.858. The molecule has 5 nitrogen and oxygen atoms in total.